The fourth-order valence-corrected chi connectivity index (χ4v) is 0.962. The van der Waals surface area contributed by atoms with Crippen LogP contribution in [0, 0.1) is 0 Å². The van der Waals surface area contributed by atoms with Crippen LogP contribution in [0.25, 0.3) is 0 Å². The van der Waals surface area contributed by atoms with Crippen molar-refractivity contribution in [1.29, 1.82) is 0 Å². The van der Waals surface area contributed by atoms with Crippen LogP contribution >= 0.6 is 0 Å². The number of aliphatic carboxylic acids is 2. The van der Waals surface area contributed by atoms with Crippen molar-refractivity contribution in [3.05, 3.63) is 98.1 Å². The monoisotopic (exact) mass is 416 g/mol. The molecule has 2 fully saturated rings. The third-order valence-corrected chi connectivity index (χ3v) is 2.68. The van der Waals surface area contributed by atoms with Crippen LogP contribution in [0.15, 0.2) is 98.1 Å². The number of carbonyl (C=O) groups is 2. The second kappa shape index (κ2) is 22.1. The van der Waals surface area contributed by atoms with Crippen LogP contribution in [-0.2, 0) is 19.1 Å². The average Bonchev–Trinajstić information content (AvgIpc) is 3.73. The molecule has 0 amide bonds. The Kier molecular flexibility index (Phi) is 21.3. The van der Waals surface area contributed by atoms with E-state index >= 15 is 0 Å². The van der Waals surface area contributed by atoms with Crippen molar-refractivity contribution in [2.75, 3.05) is 13.2 Å². The van der Waals surface area contributed by atoms with Gasteiger partial charge in [-0.25, -0.2) is 9.59 Å². The molecule has 6 heteroatoms. The van der Waals surface area contributed by atoms with Crippen LogP contribution in [0.2, 0.25) is 0 Å². The van der Waals surface area contributed by atoms with E-state index in [2.05, 4.69) is 27.0 Å². The van der Waals surface area contributed by atoms with E-state index in [0.29, 0.717) is 12.2 Å². The molecular formula is C24H32O6. The van der Waals surface area contributed by atoms with Gasteiger partial charge in [-0.2, -0.15) is 0 Å². The van der Waals surface area contributed by atoms with Crippen molar-refractivity contribution in [3.63, 3.8) is 0 Å². The first-order valence-corrected chi connectivity index (χ1v) is 9.27. The van der Waals surface area contributed by atoms with Gasteiger partial charge in [0.25, 0.3) is 0 Å². The molecular weight excluding hydrogens is 384 g/mol. The molecule has 0 saturated carbocycles. The van der Waals surface area contributed by atoms with Crippen LogP contribution in [0.1, 0.15) is 13.8 Å². The zero-order valence-electron chi connectivity index (χ0n) is 17.6. The summed E-state index contributed by atoms with van der Waals surface area (Å²) in [5.74, 6) is -1.96. The molecule has 6 nitrogen and oxygen atoms in total. The Labute approximate surface area is 179 Å². The predicted octanol–water partition coefficient (Wildman–Crippen LogP) is 4.70. The minimum absolute atomic E-state index is 0.583. The Morgan fingerprint density at radius 1 is 0.667 bits per heavy atom. The second-order valence-electron chi connectivity index (χ2n) is 5.68. The molecule has 0 aliphatic carbocycles. The molecule has 30 heavy (non-hydrogen) atoms. The maximum absolute atomic E-state index is 9.25. The highest BCUT2D eigenvalue weighted by molar-refractivity contribution is 5.79. The Balaban J connectivity index is 0. The highest BCUT2D eigenvalue weighted by atomic mass is 16.6. The lowest BCUT2D eigenvalue weighted by Gasteiger charge is -1.69. The van der Waals surface area contributed by atoms with Gasteiger partial charge in [0.15, 0.2) is 0 Å². The van der Waals surface area contributed by atoms with Crippen molar-refractivity contribution < 1.29 is 29.3 Å². The third kappa shape index (κ3) is 39.7. The van der Waals surface area contributed by atoms with Crippen LogP contribution in [0.3, 0.4) is 0 Å². The minimum Gasteiger partial charge on any atom is -0.478 e. The van der Waals surface area contributed by atoms with E-state index < -0.39 is 11.9 Å². The first kappa shape index (κ1) is 29.0. The normalized spacial score (nSPS) is 15.9. The summed E-state index contributed by atoms with van der Waals surface area (Å²) in [6.45, 7) is 12.0. The Hall–Kier alpha value is -3.22. The van der Waals surface area contributed by atoms with E-state index in [9.17, 15) is 9.59 Å². The smallest absolute Gasteiger partial charge is 0.327 e. The Morgan fingerprint density at radius 2 is 0.767 bits per heavy atom. The molecule has 164 valence electrons. The molecule has 2 aliphatic heterocycles. The van der Waals surface area contributed by atoms with Crippen molar-refractivity contribution in [2.24, 2.45) is 0 Å². The summed E-state index contributed by atoms with van der Waals surface area (Å²) in [6, 6.07) is 24.0. The van der Waals surface area contributed by atoms with Crippen LogP contribution in [0.5, 0.6) is 0 Å². The fraction of sp³-hybridized carbons (Fsp3) is 0.250. The molecule has 2 heterocycles. The predicted molar refractivity (Wildman–Crippen MR) is 119 cm³/mol. The first-order chi connectivity index (χ1) is 14.3. The largest absolute Gasteiger partial charge is 0.478 e. The number of carboxylic acids is 2. The average molecular weight is 417 g/mol. The summed E-state index contributed by atoms with van der Waals surface area (Å²) >= 11 is 0. The number of carboxylic acid groups (broad SMARTS) is 2. The number of ether oxygens (including phenoxy) is 2. The van der Waals surface area contributed by atoms with Gasteiger partial charge in [-0.15, -0.1) is 0 Å². The molecule has 2 aromatic rings. The van der Waals surface area contributed by atoms with E-state index in [4.69, 9.17) is 19.7 Å². The van der Waals surface area contributed by atoms with Gasteiger partial charge in [0, 0.05) is 12.2 Å². The Bertz CT molecular complexity index is 537. The minimum atomic E-state index is -0.981. The number of hydrogen-bond acceptors (Lipinski definition) is 4. The van der Waals surface area contributed by atoms with Crippen molar-refractivity contribution in [3.8, 4) is 0 Å². The van der Waals surface area contributed by atoms with Gasteiger partial charge in [-0.3, -0.25) is 0 Å². The third-order valence-electron chi connectivity index (χ3n) is 2.68. The molecule has 4 rings (SSSR count). The quantitative estimate of drug-likeness (QED) is 0.544. The molecule has 0 spiro atoms. The topological polar surface area (TPSA) is 99.7 Å². The lowest BCUT2D eigenvalue weighted by molar-refractivity contribution is -0.132. The molecule has 2 aliphatic rings. The molecule has 2 atom stereocenters. The fourth-order valence-electron chi connectivity index (χ4n) is 0.962. The molecule has 2 unspecified atom stereocenters. The van der Waals surface area contributed by atoms with E-state index in [-0.39, 0.29) is 0 Å². The highest BCUT2D eigenvalue weighted by Crippen LogP contribution is 2.04. The second-order valence-corrected chi connectivity index (χ2v) is 5.68. The van der Waals surface area contributed by atoms with E-state index in [1.165, 1.54) is 0 Å². The summed E-state index contributed by atoms with van der Waals surface area (Å²) in [4.78, 5) is 18.5. The number of rotatable bonds is 2. The summed E-state index contributed by atoms with van der Waals surface area (Å²) in [6.07, 6.45) is 2.83. The van der Waals surface area contributed by atoms with Crippen molar-refractivity contribution in [1.82, 2.24) is 0 Å². The van der Waals surface area contributed by atoms with Gasteiger partial charge < -0.3 is 19.7 Å². The highest BCUT2D eigenvalue weighted by Gasteiger charge is 2.13. The standard InChI is InChI=1S/2C6H6.2C3H4O2.2C3H6O/c2*1-2-4-6-5-3-1;2*1-2-3(4)5;2*1-3-2-4-3/h2*1-6H;2*2H,1H2,(H,4,5);2*3H,2H2,1H3. The molecule has 0 radical (unpaired) electrons. The molecule has 0 bridgehead atoms. The van der Waals surface area contributed by atoms with Gasteiger partial charge in [0.2, 0.25) is 0 Å². The molecule has 2 aromatic carbocycles. The van der Waals surface area contributed by atoms with Gasteiger partial charge in [-0.05, 0) is 13.8 Å². The SMILES string of the molecule is C=CC(=O)O.C=CC(=O)O.CC1CO1.CC1CO1.c1ccccc1.c1ccccc1. The van der Waals surface area contributed by atoms with Crippen molar-refractivity contribution in [2.45, 2.75) is 26.1 Å². The number of epoxide rings is 2. The van der Waals surface area contributed by atoms with Crippen LogP contribution in [-0.4, -0.2) is 47.6 Å². The van der Waals surface area contributed by atoms with E-state index in [0.717, 1.165) is 25.4 Å². The zero-order valence-corrected chi connectivity index (χ0v) is 17.6. The maximum Gasteiger partial charge on any atom is 0.327 e. The van der Waals surface area contributed by atoms with Gasteiger partial charge in [0.1, 0.15) is 0 Å². The van der Waals surface area contributed by atoms with E-state index in [1.54, 1.807) is 0 Å². The van der Waals surface area contributed by atoms with Crippen molar-refractivity contribution >= 4 is 11.9 Å². The van der Waals surface area contributed by atoms with Gasteiger partial charge in [0.05, 0.1) is 25.4 Å². The molecule has 2 saturated heterocycles. The van der Waals surface area contributed by atoms with Gasteiger partial charge in [-0.1, -0.05) is 86.0 Å². The maximum atomic E-state index is 9.25. The summed E-state index contributed by atoms with van der Waals surface area (Å²) < 4.78 is 9.42. The number of hydrogen-bond donors (Lipinski definition) is 2. The number of benzene rings is 2. The van der Waals surface area contributed by atoms with Gasteiger partial charge >= 0.3 is 11.9 Å². The summed E-state index contributed by atoms with van der Waals surface area (Å²) in [5, 5.41) is 15.2. The first-order valence-electron chi connectivity index (χ1n) is 9.27. The summed E-state index contributed by atoms with van der Waals surface area (Å²) in [7, 11) is 0. The van der Waals surface area contributed by atoms with Crippen LogP contribution < -0.4 is 0 Å². The lowest BCUT2D eigenvalue weighted by Crippen LogP contribution is -1.82. The lowest BCUT2D eigenvalue weighted by atomic mass is 10.4. The summed E-state index contributed by atoms with van der Waals surface area (Å²) in [5.41, 5.74) is 0. The Morgan fingerprint density at radius 3 is 0.800 bits per heavy atom. The molecule has 2 N–H and O–H groups in total. The van der Waals surface area contributed by atoms with E-state index in [1.807, 2.05) is 72.8 Å². The zero-order chi connectivity index (χ0) is 23.0. The molecule has 0 aromatic heterocycles. The van der Waals surface area contributed by atoms with Crippen LogP contribution in [0.4, 0.5) is 0 Å².